The lowest BCUT2D eigenvalue weighted by Gasteiger charge is -2.12. The summed E-state index contributed by atoms with van der Waals surface area (Å²) in [6.07, 6.45) is 3.35. The number of nitrogens with zero attached hydrogens (tertiary/aromatic N) is 2. The molecule has 0 saturated carbocycles. The lowest BCUT2D eigenvalue weighted by molar-refractivity contribution is -0.517. The van der Waals surface area contributed by atoms with Gasteiger partial charge in [0.2, 0.25) is 0 Å². The van der Waals surface area contributed by atoms with Gasteiger partial charge in [0.05, 0.1) is 22.3 Å². The number of nitro groups is 2. The van der Waals surface area contributed by atoms with Crippen LogP contribution in [-0.2, 0) is 0 Å². The summed E-state index contributed by atoms with van der Waals surface area (Å²) in [5, 5.41) is 20.7. The molecular weight excluding hydrogens is 200 g/mol. The third-order valence-electron chi connectivity index (χ3n) is 1.56. The van der Waals surface area contributed by atoms with Crippen molar-refractivity contribution in [2.45, 2.75) is 11.4 Å². The lowest BCUT2D eigenvalue weighted by Crippen LogP contribution is -2.29. The molecule has 1 atom stereocenters. The highest BCUT2D eigenvalue weighted by molar-refractivity contribution is 6.25. The van der Waals surface area contributed by atoms with E-state index in [9.17, 15) is 20.2 Å². The average Bonchev–Trinajstić information content (AvgIpc) is 2.04. The molecule has 1 rings (SSSR count). The van der Waals surface area contributed by atoms with Gasteiger partial charge in [-0.15, -0.1) is 0 Å². The zero-order valence-electron chi connectivity index (χ0n) is 6.34. The van der Waals surface area contributed by atoms with Crippen LogP contribution in [0.15, 0.2) is 23.9 Å². The summed E-state index contributed by atoms with van der Waals surface area (Å²) in [7, 11) is 0. The van der Waals surface area contributed by atoms with Gasteiger partial charge in [0.1, 0.15) is 0 Å². The second-order valence-electron chi connectivity index (χ2n) is 2.48. The molecule has 70 valence electrons. The van der Waals surface area contributed by atoms with E-state index >= 15 is 0 Å². The zero-order valence-corrected chi connectivity index (χ0v) is 7.10. The van der Waals surface area contributed by atoms with E-state index in [0.29, 0.717) is 0 Å². The molecule has 0 heterocycles. The summed E-state index contributed by atoms with van der Waals surface area (Å²) < 4.78 is 0. The number of alkyl halides is 1. The highest BCUT2D eigenvalue weighted by Crippen LogP contribution is 2.27. The van der Waals surface area contributed by atoms with E-state index in [1.165, 1.54) is 6.08 Å². The first-order valence-electron chi connectivity index (χ1n) is 3.33. The van der Waals surface area contributed by atoms with Crippen LogP contribution in [0.3, 0.4) is 0 Å². The third kappa shape index (κ3) is 1.83. The van der Waals surface area contributed by atoms with E-state index in [2.05, 4.69) is 0 Å². The van der Waals surface area contributed by atoms with Crippen LogP contribution >= 0.6 is 11.6 Å². The number of halogens is 1. The largest absolute Gasteiger partial charge is 0.338 e. The van der Waals surface area contributed by atoms with Crippen LogP contribution < -0.4 is 0 Å². The summed E-state index contributed by atoms with van der Waals surface area (Å²) in [6, 6.07) is 0. The lowest BCUT2D eigenvalue weighted by atomic mass is 10.1. The van der Waals surface area contributed by atoms with Gasteiger partial charge in [0.15, 0.2) is 0 Å². The van der Waals surface area contributed by atoms with Crippen molar-refractivity contribution in [1.29, 1.82) is 0 Å². The van der Waals surface area contributed by atoms with Gasteiger partial charge in [-0.05, 0) is 11.6 Å². The molecule has 0 radical (unpaired) electrons. The number of rotatable bonds is 2. The molecule has 1 unspecified atom stereocenters. The molecule has 0 aliphatic heterocycles. The van der Waals surface area contributed by atoms with Crippen molar-refractivity contribution in [2.75, 3.05) is 0 Å². The van der Waals surface area contributed by atoms with Gasteiger partial charge in [0.25, 0.3) is 5.70 Å². The smallest absolute Gasteiger partial charge is 0.262 e. The van der Waals surface area contributed by atoms with Crippen molar-refractivity contribution in [1.82, 2.24) is 0 Å². The van der Waals surface area contributed by atoms with Gasteiger partial charge in [-0.3, -0.25) is 20.2 Å². The van der Waals surface area contributed by atoms with E-state index in [1.807, 2.05) is 0 Å². The molecule has 0 spiro atoms. The Morgan fingerprint density at radius 2 is 2.08 bits per heavy atom. The molecule has 0 aromatic rings. The Morgan fingerprint density at radius 3 is 2.54 bits per heavy atom. The van der Waals surface area contributed by atoms with Crippen LogP contribution in [0.25, 0.3) is 0 Å². The fraction of sp³-hybridized carbons (Fsp3) is 0.333. The predicted octanol–water partition coefficient (Wildman–Crippen LogP) is 1.32. The summed E-state index contributed by atoms with van der Waals surface area (Å²) >= 11 is 5.48. The summed E-state index contributed by atoms with van der Waals surface area (Å²) in [5.74, 6) is 0. The fourth-order valence-corrected chi connectivity index (χ4v) is 1.14. The Balaban J connectivity index is 3.02. The normalized spacial score (nSPS) is 26.7. The first-order chi connectivity index (χ1) is 5.96. The van der Waals surface area contributed by atoms with Gasteiger partial charge >= 0.3 is 5.00 Å². The molecule has 0 aromatic heterocycles. The van der Waals surface area contributed by atoms with E-state index in [4.69, 9.17) is 11.6 Å². The topological polar surface area (TPSA) is 86.3 Å². The Kier molecular flexibility index (Phi) is 2.33. The van der Waals surface area contributed by atoms with Crippen molar-refractivity contribution >= 4 is 11.6 Å². The summed E-state index contributed by atoms with van der Waals surface area (Å²) in [4.78, 5) is 17.3. The molecule has 13 heavy (non-hydrogen) atoms. The molecular formula is C6H5ClN2O4. The van der Waals surface area contributed by atoms with Crippen LogP contribution in [0.1, 0.15) is 6.42 Å². The van der Waals surface area contributed by atoms with E-state index in [0.717, 1.165) is 12.2 Å². The Morgan fingerprint density at radius 1 is 1.46 bits per heavy atom. The van der Waals surface area contributed by atoms with Crippen LogP contribution in [0.2, 0.25) is 0 Å². The van der Waals surface area contributed by atoms with Gasteiger partial charge < -0.3 is 0 Å². The van der Waals surface area contributed by atoms with Crippen LogP contribution in [-0.4, -0.2) is 14.8 Å². The maximum absolute atomic E-state index is 10.4. The van der Waals surface area contributed by atoms with E-state index in [1.54, 1.807) is 0 Å². The Bertz CT molecular complexity index is 325. The molecule has 7 heteroatoms. The molecule has 1 aliphatic rings. The van der Waals surface area contributed by atoms with Crippen LogP contribution in [0.5, 0.6) is 0 Å². The fourth-order valence-electron chi connectivity index (χ4n) is 0.926. The van der Waals surface area contributed by atoms with Crippen molar-refractivity contribution < 1.29 is 9.85 Å². The van der Waals surface area contributed by atoms with Gasteiger partial charge in [-0.25, -0.2) is 0 Å². The molecule has 0 saturated heterocycles. The first kappa shape index (κ1) is 9.66. The van der Waals surface area contributed by atoms with Crippen LogP contribution in [0, 0.1) is 20.2 Å². The predicted molar refractivity (Wildman–Crippen MR) is 44.4 cm³/mol. The molecule has 0 fully saturated rings. The zero-order chi connectivity index (χ0) is 10.1. The van der Waals surface area contributed by atoms with Crippen molar-refractivity contribution in [3.05, 3.63) is 44.2 Å². The van der Waals surface area contributed by atoms with E-state index in [-0.39, 0.29) is 12.1 Å². The van der Waals surface area contributed by atoms with Crippen molar-refractivity contribution in [3.8, 4) is 0 Å². The van der Waals surface area contributed by atoms with E-state index < -0.39 is 14.8 Å². The highest BCUT2D eigenvalue weighted by atomic mass is 35.5. The monoisotopic (exact) mass is 204 g/mol. The van der Waals surface area contributed by atoms with Gasteiger partial charge in [-0.1, -0.05) is 6.08 Å². The number of hydrogen-bond acceptors (Lipinski definition) is 4. The molecule has 6 nitrogen and oxygen atoms in total. The minimum atomic E-state index is -1.96. The molecule has 0 amide bonds. The number of hydrogen-bond donors (Lipinski definition) is 0. The van der Waals surface area contributed by atoms with Crippen molar-refractivity contribution in [3.63, 3.8) is 0 Å². The van der Waals surface area contributed by atoms with Crippen molar-refractivity contribution in [2.24, 2.45) is 0 Å². The first-order valence-corrected chi connectivity index (χ1v) is 3.71. The summed E-state index contributed by atoms with van der Waals surface area (Å²) in [5.41, 5.74) is -0.255. The SMILES string of the molecule is O=[N+]([O-])C1=CC(Cl)([N+](=O)[O-])C=CC1. The minimum Gasteiger partial charge on any atom is -0.262 e. The Labute approximate surface area is 77.8 Å². The quantitative estimate of drug-likeness (QED) is 0.223. The molecule has 0 N–H and O–H groups in total. The van der Waals surface area contributed by atoms with Gasteiger partial charge in [0, 0.05) is 6.08 Å². The molecule has 1 aliphatic carbocycles. The second-order valence-corrected chi connectivity index (χ2v) is 3.09. The average molecular weight is 205 g/mol. The van der Waals surface area contributed by atoms with Gasteiger partial charge in [-0.2, -0.15) is 0 Å². The standard InChI is InChI=1S/C6H5ClN2O4/c7-6(9(12)13)3-1-2-5(4-6)8(10)11/h1,3-4H,2H2. The second kappa shape index (κ2) is 3.14. The van der Waals surface area contributed by atoms with Crippen LogP contribution in [0.4, 0.5) is 0 Å². The maximum atomic E-state index is 10.4. The third-order valence-corrected chi connectivity index (χ3v) is 1.94. The molecule has 0 aromatic carbocycles. The minimum absolute atomic E-state index is 0.0648. The Hall–Kier alpha value is -1.43. The number of allylic oxidation sites excluding steroid dienone is 1. The highest BCUT2D eigenvalue weighted by Gasteiger charge is 2.40. The summed E-state index contributed by atoms with van der Waals surface area (Å²) in [6.45, 7) is 0. The maximum Gasteiger partial charge on any atom is 0.338 e. The molecule has 0 bridgehead atoms.